The number of nitrogens with one attached hydrogen (secondary N) is 3. The van der Waals surface area contributed by atoms with E-state index in [2.05, 4.69) is 22.0 Å². The van der Waals surface area contributed by atoms with E-state index < -0.39 is 59.2 Å². The Hall–Kier alpha value is -3.06. The van der Waals surface area contributed by atoms with Crippen molar-refractivity contribution >= 4 is 74.9 Å². The number of carbonyl (C=O) groups excluding carboxylic acids is 6. The number of nitriles is 1. The van der Waals surface area contributed by atoms with Crippen LogP contribution in [0.3, 0.4) is 0 Å². The number of amides is 3. The van der Waals surface area contributed by atoms with Crippen molar-refractivity contribution in [2.75, 3.05) is 58.5 Å². The first kappa shape index (κ1) is 50.0. The van der Waals surface area contributed by atoms with Gasteiger partial charge in [0.2, 0.25) is 17.7 Å². The quantitative estimate of drug-likeness (QED) is 0.0492. The standard InChI is InChI=1S/C35H56N4O13S3/c1-7-54-34(53)55-35(6,22-36)13-11-28(44)38-15-18-47-20-19-46-17-12-29(45)37-14-9-8-10-16-48-33-30(39-23(2)40)32(51-26(5)43)31(50-25(4)42)27(52-33)21-49-24(3)41/h27,30-33H,7-21H2,1-6H3,(H,37,45)(H,38,44)(H,39,40)/t27-,30-,31+,32-,33-,35?/m0/s1. The SMILES string of the molecule is CCSC(=S)SC(C)(C#N)CCC(=O)NCCOCCOCCC(=O)NCCCCCO[C@H]1O[C@@H](COC(C)=O)[C@@H](OC(C)=O)[C@@H](OC(C)=O)[C@@H]1NC(C)=O. The van der Waals surface area contributed by atoms with E-state index in [1.54, 1.807) is 6.92 Å². The summed E-state index contributed by atoms with van der Waals surface area (Å²) in [5.41, 5.74) is 0. The average Bonchev–Trinajstić information content (AvgIpc) is 3.10. The van der Waals surface area contributed by atoms with E-state index in [1.165, 1.54) is 44.3 Å². The molecule has 17 nitrogen and oxygen atoms in total. The number of esters is 3. The molecule has 0 spiro atoms. The molecule has 1 rings (SSSR count). The number of ether oxygens (including phenoxy) is 7. The molecule has 55 heavy (non-hydrogen) atoms. The lowest BCUT2D eigenvalue weighted by Crippen LogP contribution is -2.66. The van der Waals surface area contributed by atoms with Crippen molar-refractivity contribution in [2.24, 2.45) is 0 Å². The normalized spacial score (nSPS) is 20.2. The molecule has 1 aliphatic heterocycles. The molecule has 1 unspecified atom stereocenters. The van der Waals surface area contributed by atoms with Crippen LogP contribution < -0.4 is 16.0 Å². The van der Waals surface area contributed by atoms with Gasteiger partial charge in [0.25, 0.3) is 0 Å². The molecule has 0 bridgehead atoms. The van der Waals surface area contributed by atoms with Gasteiger partial charge in [0.15, 0.2) is 18.5 Å². The first-order chi connectivity index (χ1) is 26.1. The third kappa shape index (κ3) is 22.9. The Morgan fingerprint density at radius 1 is 0.818 bits per heavy atom. The van der Waals surface area contributed by atoms with Gasteiger partial charge in [0.1, 0.15) is 27.0 Å². The van der Waals surface area contributed by atoms with E-state index in [4.69, 9.17) is 45.4 Å². The van der Waals surface area contributed by atoms with Gasteiger partial charge in [0.05, 0.1) is 32.5 Å². The van der Waals surface area contributed by atoms with Crippen LogP contribution in [0.5, 0.6) is 0 Å². The molecule has 0 aliphatic carbocycles. The monoisotopic (exact) mass is 836 g/mol. The zero-order chi connectivity index (χ0) is 41.2. The molecule has 1 saturated heterocycles. The first-order valence-electron chi connectivity index (χ1n) is 18.1. The number of unbranched alkanes of at least 4 members (excludes halogenated alkanes) is 2. The van der Waals surface area contributed by atoms with Gasteiger partial charge in [-0.2, -0.15) is 5.26 Å². The van der Waals surface area contributed by atoms with Crippen LogP contribution in [0.25, 0.3) is 0 Å². The summed E-state index contributed by atoms with van der Waals surface area (Å²) in [7, 11) is 0. The second kappa shape index (κ2) is 28.4. The van der Waals surface area contributed by atoms with Crippen molar-refractivity contribution < 1.29 is 61.9 Å². The fraction of sp³-hybridized carbons (Fsp3) is 0.771. The van der Waals surface area contributed by atoms with Crippen LogP contribution in [0.1, 0.15) is 80.1 Å². The van der Waals surface area contributed by atoms with Crippen LogP contribution >= 0.6 is 35.7 Å². The lowest BCUT2D eigenvalue weighted by Gasteiger charge is -2.44. The molecule has 1 aliphatic rings. The van der Waals surface area contributed by atoms with Gasteiger partial charge in [-0.05, 0) is 38.4 Å². The van der Waals surface area contributed by atoms with Crippen molar-refractivity contribution in [3.63, 3.8) is 0 Å². The van der Waals surface area contributed by atoms with E-state index in [9.17, 15) is 34.0 Å². The number of carbonyl (C=O) groups is 6. The fourth-order valence-electron chi connectivity index (χ4n) is 5.00. The summed E-state index contributed by atoms with van der Waals surface area (Å²) in [6.07, 6.45) is -1.92. The molecule has 3 N–H and O–H groups in total. The van der Waals surface area contributed by atoms with E-state index >= 15 is 0 Å². The second-order valence-electron chi connectivity index (χ2n) is 12.5. The molecule has 0 aromatic rings. The van der Waals surface area contributed by atoms with Crippen molar-refractivity contribution in [3.8, 4) is 6.07 Å². The van der Waals surface area contributed by atoms with Gasteiger partial charge in [-0.3, -0.25) is 28.8 Å². The summed E-state index contributed by atoms with van der Waals surface area (Å²) in [4.78, 5) is 71.8. The summed E-state index contributed by atoms with van der Waals surface area (Å²) in [5, 5.41) is 17.8. The molecular formula is C35H56N4O13S3. The van der Waals surface area contributed by atoms with Crippen LogP contribution in [0.15, 0.2) is 0 Å². The van der Waals surface area contributed by atoms with E-state index in [-0.39, 0.29) is 44.5 Å². The zero-order valence-corrected chi connectivity index (χ0v) is 34.9. The largest absolute Gasteiger partial charge is 0.463 e. The Bertz CT molecular complexity index is 1300. The minimum Gasteiger partial charge on any atom is -0.463 e. The molecule has 3 amide bonds. The van der Waals surface area contributed by atoms with Crippen molar-refractivity contribution in [1.82, 2.24) is 16.0 Å². The van der Waals surface area contributed by atoms with Gasteiger partial charge in [-0.25, -0.2) is 0 Å². The predicted molar refractivity (Wildman–Crippen MR) is 208 cm³/mol. The van der Waals surface area contributed by atoms with Gasteiger partial charge >= 0.3 is 17.9 Å². The van der Waals surface area contributed by atoms with E-state index in [1.807, 2.05) is 6.92 Å². The highest BCUT2D eigenvalue weighted by atomic mass is 32.2. The second-order valence-corrected chi connectivity index (χ2v) is 16.4. The molecule has 0 aromatic carbocycles. The lowest BCUT2D eigenvalue weighted by atomic mass is 9.96. The first-order valence-corrected chi connectivity index (χ1v) is 20.3. The molecule has 6 atom stereocenters. The maximum atomic E-state index is 12.2. The van der Waals surface area contributed by atoms with Gasteiger partial charge in [-0.1, -0.05) is 30.9 Å². The highest BCUT2D eigenvalue weighted by Gasteiger charge is 2.51. The van der Waals surface area contributed by atoms with E-state index in [0.717, 1.165) is 12.7 Å². The number of thiocarbonyl (C=S) groups is 1. The number of rotatable bonds is 26. The fourth-order valence-corrected chi connectivity index (χ4v) is 7.90. The Labute approximate surface area is 337 Å². The lowest BCUT2D eigenvalue weighted by molar-refractivity contribution is -0.277. The summed E-state index contributed by atoms with van der Waals surface area (Å²) in [5.74, 6) is -1.97. The van der Waals surface area contributed by atoms with Gasteiger partial charge in [0, 0.05) is 60.2 Å². The highest BCUT2D eigenvalue weighted by Crippen LogP contribution is 2.34. The summed E-state index contributed by atoms with van der Waals surface area (Å²) < 4.78 is 38.7. The molecule has 312 valence electrons. The Kier molecular flexibility index (Phi) is 25.8. The maximum Gasteiger partial charge on any atom is 0.303 e. The molecule has 1 fully saturated rings. The number of hydrogen-bond acceptors (Lipinski definition) is 17. The van der Waals surface area contributed by atoms with Crippen LogP contribution in [-0.2, 0) is 61.9 Å². The number of hydrogen-bond donors (Lipinski definition) is 3. The minimum absolute atomic E-state index is 0.164. The molecule has 1 heterocycles. The molecule has 0 aromatic heterocycles. The van der Waals surface area contributed by atoms with Crippen LogP contribution in [0.4, 0.5) is 0 Å². The van der Waals surface area contributed by atoms with Gasteiger partial charge in [-0.15, -0.1) is 11.8 Å². The van der Waals surface area contributed by atoms with Crippen molar-refractivity contribution in [3.05, 3.63) is 0 Å². The smallest absolute Gasteiger partial charge is 0.303 e. The Balaban J connectivity index is 2.30. The van der Waals surface area contributed by atoms with Gasteiger partial charge < -0.3 is 49.1 Å². The minimum atomic E-state index is -1.20. The van der Waals surface area contributed by atoms with Crippen LogP contribution in [0, 0.1) is 11.3 Å². The van der Waals surface area contributed by atoms with Crippen molar-refractivity contribution in [1.29, 1.82) is 5.26 Å². The topological polar surface area (TPSA) is 227 Å². The zero-order valence-electron chi connectivity index (χ0n) is 32.5. The summed E-state index contributed by atoms with van der Waals surface area (Å²) in [6, 6.07) is 1.21. The third-order valence-corrected chi connectivity index (χ3v) is 10.2. The average molecular weight is 837 g/mol. The summed E-state index contributed by atoms with van der Waals surface area (Å²) in [6.45, 7) is 10.3. The molecule has 20 heteroatoms. The highest BCUT2D eigenvalue weighted by molar-refractivity contribution is 8.47. The van der Waals surface area contributed by atoms with E-state index in [0.29, 0.717) is 62.1 Å². The Morgan fingerprint density at radius 2 is 1.45 bits per heavy atom. The van der Waals surface area contributed by atoms with Crippen LogP contribution in [-0.4, -0.2) is 133 Å². The molecule has 0 radical (unpaired) electrons. The predicted octanol–water partition coefficient (Wildman–Crippen LogP) is 2.32. The molecule has 0 saturated carbocycles. The number of thioether (sulfide) groups is 2. The Morgan fingerprint density at radius 3 is 2.07 bits per heavy atom. The summed E-state index contributed by atoms with van der Waals surface area (Å²) >= 11 is 8.10. The van der Waals surface area contributed by atoms with Crippen molar-refractivity contribution in [2.45, 2.75) is 115 Å². The maximum absolute atomic E-state index is 12.2. The third-order valence-electron chi connectivity index (χ3n) is 7.55. The van der Waals surface area contributed by atoms with Crippen LogP contribution in [0.2, 0.25) is 0 Å². The molecular weight excluding hydrogens is 781 g/mol. The number of nitrogens with zero attached hydrogens (tertiary/aromatic N) is 1.